The Morgan fingerprint density at radius 2 is 1.97 bits per heavy atom. The van der Waals surface area contributed by atoms with Crippen LogP contribution < -0.4 is 10.3 Å². The predicted molar refractivity (Wildman–Crippen MR) is 130 cm³/mol. The van der Waals surface area contributed by atoms with Gasteiger partial charge in [0.05, 0.1) is 25.8 Å². The third kappa shape index (κ3) is 5.32. The minimum absolute atomic E-state index is 0.0449. The van der Waals surface area contributed by atoms with Crippen molar-refractivity contribution in [2.24, 2.45) is 0 Å². The lowest BCUT2D eigenvalue weighted by Crippen LogP contribution is -2.34. The third-order valence-electron chi connectivity index (χ3n) is 5.82. The minimum atomic E-state index is -0.171. The molecule has 0 bridgehead atoms. The molecule has 9 nitrogen and oxygen atoms in total. The van der Waals surface area contributed by atoms with Crippen LogP contribution >= 0.6 is 0 Å². The van der Waals surface area contributed by atoms with Crippen LogP contribution in [0.3, 0.4) is 0 Å². The van der Waals surface area contributed by atoms with Crippen molar-refractivity contribution in [2.75, 3.05) is 19.8 Å². The molecule has 2 aromatic carbocycles. The van der Waals surface area contributed by atoms with E-state index in [1.807, 2.05) is 61.5 Å². The lowest BCUT2D eigenvalue weighted by Gasteiger charge is -2.29. The molecule has 4 rings (SSSR count). The Morgan fingerprint density at radius 1 is 1.15 bits per heavy atom. The monoisotopic (exact) mass is 462 g/mol. The molecule has 0 saturated carbocycles. The average Bonchev–Trinajstić information content (AvgIpc) is 3.29. The Balaban J connectivity index is 1.64. The number of hydrogen-bond donors (Lipinski definition) is 2. The summed E-state index contributed by atoms with van der Waals surface area (Å²) < 4.78 is 7.39. The molecule has 9 heteroatoms. The van der Waals surface area contributed by atoms with Crippen LogP contribution in [0.25, 0.3) is 10.9 Å². The number of ether oxygens (including phenoxy) is 1. The molecule has 0 saturated heterocycles. The maximum atomic E-state index is 12.9. The van der Waals surface area contributed by atoms with Crippen molar-refractivity contribution >= 4 is 10.9 Å². The number of nitrogens with one attached hydrogen (secondary N) is 1. The van der Waals surface area contributed by atoms with Crippen LogP contribution in [0.2, 0.25) is 0 Å². The number of aliphatic hydroxyl groups excluding tert-OH is 1. The molecule has 1 unspecified atom stereocenters. The highest BCUT2D eigenvalue weighted by Gasteiger charge is 2.25. The van der Waals surface area contributed by atoms with E-state index in [4.69, 9.17) is 4.74 Å². The fraction of sp³-hybridized carbons (Fsp3) is 0.360. The van der Waals surface area contributed by atoms with Gasteiger partial charge in [0.1, 0.15) is 5.75 Å². The summed E-state index contributed by atoms with van der Waals surface area (Å²) in [5.41, 5.74) is 2.30. The van der Waals surface area contributed by atoms with Gasteiger partial charge in [0, 0.05) is 29.6 Å². The summed E-state index contributed by atoms with van der Waals surface area (Å²) in [6, 6.07) is 17.3. The van der Waals surface area contributed by atoms with E-state index in [9.17, 15) is 9.90 Å². The molecule has 0 aliphatic heterocycles. The van der Waals surface area contributed by atoms with Gasteiger partial charge in [-0.1, -0.05) is 37.3 Å². The van der Waals surface area contributed by atoms with Gasteiger partial charge in [0.2, 0.25) is 0 Å². The van der Waals surface area contributed by atoms with E-state index in [0.29, 0.717) is 37.6 Å². The molecule has 1 atom stereocenters. The molecular formula is C25H30N6O3. The Labute approximate surface area is 198 Å². The summed E-state index contributed by atoms with van der Waals surface area (Å²) >= 11 is 0. The first-order valence-electron chi connectivity index (χ1n) is 11.6. The first-order chi connectivity index (χ1) is 16.6. The van der Waals surface area contributed by atoms with E-state index in [1.54, 1.807) is 4.68 Å². The van der Waals surface area contributed by atoms with Crippen molar-refractivity contribution < 1.29 is 9.84 Å². The number of H-pyrrole nitrogens is 1. The zero-order valence-electron chi connectivity index (χ0n) is 19.5. The van der Waals surface area contributed by atoms with Gasteiger partial charge in [0.15, 0.2) is 5.82 Å². The van der Waals surface area contributed by atoms with E-state index in [-0.39, 0.29) is 18.2 Å². The number of nitrogens with zero attached hydrogens (tertiary/aromatic N) is 5. The third-order valence-corrected chi connectivity index (χ3v) is 5.82. The van der Waals surface area contributed by atoms with Crippen LogP contribution in [0.15, 0.2) is 59.4 Å². The number of tetrazole rings is 1. The Hall–Kier alpha value is -3.56. The Morgan fingerprint density at radius 3 is 2.71 bits per heavy atom. The largest absolute Gasteiger partial charge is 0.494 e. The molecule has 0 spiro atoms. The van der Waals surface area contributed by atoms with E-state index < -0.39 is 0 Å². The number of rotatable bonds is 11. The second-order valence-electron chi connectivity index (χ2n) is 8.10. The molecule has 2 aromatic heterocycles. The van der Waals surface area contributed by atoms with Crippen molar-refractivity contribution in [3.63, 3.8) is 0 Å². The predicted octanol–water partition coefficient (Wildman–Crippen LogP) is 2.91. The van der Waals surface area contributed by atoms with Gasteiger partial charge in [-0.25, -0.2) is 4.68 Å². The molecule has 2 N–H and O–H groups in total. The highest BCUT2D eigenvalue weighted by molar-refractivity contribution is 5.80. The summed E-state index contributed by atoms with van der Waals surface area (Å²) in [7, 11) is 0. The van der Waals surface area contributed by atoms with Crippen molar-refractivity contribution in [3.8, 4) is 5.75 Å². The highest BCUT2D eigenvalue weighted by atomic mass is 16.5. The topological polar surface area (TPSA) is 109 Å². The van der Waals surface area contributed by atoms with Gasteiger partial charge in [-0.2, -0.15) is 0 Å². The number of aromatic nitrogens is 5. The van der Waals surface area contributed by atoms with Crippen molar-refractivity contribution in [1.82, 2.24) is 30.1 Å². The molecule has 178 valence electrons. The highest BCUT2D eigenvalue weighted by Crippen LogP contribution is 2.25. The van der Waals surface area contributed by atoms with E-state index in [1.165, 1.54) is 0 Å². The molecule has 0 amide bonds. The summed E-state index contributed by atoms with van der Waals surface area (Å²) in [6.45, 7) is 5.79. The van der Waals surface area contributed by atoms with Crippen LogP contribution in [0.5, 0.6) is 5.75 Å². The lowest BCUT2D eigenvalue weighted by atomic mass is 10.1. The zero-order valence-corrected chi connectivity index (χ0v) is 19.5. The van der Waals surface area contributed by atoms with Crippen LogP contribution in [-0.2, 0) is 13.1 Å². The van der Waals surface area contributed by atoms with Gasteiger partial charge in [-0.05, 0) is 53.6 Å². The summed E-state index contributed by atoms with van der Waals surface area (Å²) in [6.07, 6.45) is 0.717. The quantitative estimate of drug-likeness (QED) is 0.353. The number of aromatic amines is 1. The molecular weight excluding hydrogens is 432 g/mol. The Bertz CT molecular complexity index is 1270. The van der Waals surface area contributed by atoms with Crippen molar-refractivity contribution in [2.45, 2.75) is 39.4 Å². The SMILES string of the molecule is CCOc1ccc2[nH]c(=O)c(CN(CCO)C(CC)c3nnnn3Cc3ccccc3)cc2c1. The summed E-state index contributed by atoms with van der Waals surface area (Å²) in [5.74, 6) is 1.46. The minimum Gasteiger partial charge on any atom is -0.494 e. The molecule has 0 aliphatic carbocycles. The van der Waals surface area contributed by atoms with Crippen LogP contribution in [0.4, 0.5) is 0 Å². The van der Waals surface area contributed by atoms with Gasteiger partial charge >= 0.3 is 0 Å². The smallest absolute Gasteiger partial charge is 0.252 e. The van der Waals surface area contributed by atoms with E-state index in [0.717, 1.165) is 28.6 Å². The first kappa shape index (κ1) is 23.6. The number of pyridine rings is 1. The van der Waals surface area contributed by atoms with E-state index in [2.05, 4.69) is 32.3 Å². The number of aliphatic hydroxyl groups is 1. The fourth-order valence-electron chi connectivity index (χ4n) is 4.22. The molecule has 4 aromatic rings. The fourth-order valence-corrected chi connectivity index (χ4v) is 4.22. The average molecular weight is 463 g/mol. The molecule has 34 heavy (non-hydrogen) atoms. The van der Waals surface area contributed by atoms with Crippen molar-refractivity contribution in [3.05, 3.63) is 81.9 Å². The van der Waals surface area contributed by atoms with E-state index >= 15 is 0 Å². The molecule has 0 radical (unpaired) electrons. The van der Waals surface area contributed by atoms with Crippen LogP contribution in [0.1, 0.15) is 43.3 Å². The van der Waals surface area contributed by atoms with Gasteiger partial charge in [-0.3, -0.25) is 9.69 Å². The van der Waals surface area contributed by atoms with Gasteiger partial charge in [0.25, 0.3) is 5.56 Å². The maximum Gasteiger partial charge on any atom is 0.252 e. The summed E-state index contributed by atoms with van der Waals surface area (Å²) in [5, 5.41) is 23.1. The second kappa shape index (κ2) is 11.0. The van der Waals surface area contributed by atoms with Gasteiger partial charge < -0.3 is 14.8 Å². The van der Waals surface area contributed by atoms with Crippen LogP contribution in [0, 0.1) is 0 Å². The lowest BCUT2D eigenvalue weighted by molar-refractivity contribution is 0.131. The zero-order chi connectivity index (χ0) is 23.9. The standard InChI is InChI=1S/C25H30N6O3/c1-3-23(24-27-28-29-31(24)16-18-8-6-5-7-9-18)30(12-13-32)17-20-14-19-15-21(34-4-2)10-11-22(19)26-25(20)33/h5-11,14-15,23,32H,3-4,12-13,16-17H2,1-2H3,(H,26,33). The maximum absolute atomic E-state index is 12.9. The molecule has 0 aliphatic rings. The number of hydrogen-bond acceptors (Lipinski definition) is 7. The van der Waals surface area contributed by atoms with Crippen molar-refractivity contribution in [1.29, 1.82) is 0 Å². The normalized spacial score (nSPS) is 12.4. The second-order valence-corrected chi connectivity index (χ2v) is 8.10. The molecule has 0 fully saturated rings. The first-order valence-corrected chi connectivity index (χ1v) is 11.6. The summed E-state index contributed by atoms with van der Waals surface area (Å²) in [4.78, 5) is 17.9. The number of benzene rings is 2. The Kier molecular flexibility index (Phi) is 7.66. The van der Waals surface area contributed by atoms with Gasteiger partial charge in [-0.15, -0.1) is 5.10 Å². The number of fused-ring (bicyclic) bond motifs is 1. The molecule has 2 heterocycles. The van der Waals surface area contributed by atoms with Crippen LogP contribution in [-0.4, -0.2) is 55.0 Å².